The molecule has 0 bridgehead atoms. The van der Waals surface area contributed by atoms with Crippen molar-refractivity contribution >= 4 is 10.9 Å². The quantitative estimate of drug-likeness (QED) is 0.809. The third-order valence-electron chi connectivity index (χ3n) is 3.40. The van der Waals surface area contributed by atoms with Crippen LogP contribution in [0.4, 0.5) is 0 Å². The average molecular weight is 243 g/mol. The second-order valence-electron chi connectivity index (χ2n) is 4.83. The first kappa shape index (κ1) is 11.4. The Morgan fingerprint density at radius 1 is 1.22 bits per heavy atom. The predicted octanol–water partition coefficient (Wildman–Crippen LogP) is 2.10. The van der Waals surface area contributed by atoms with Crippen LogP contribution in [0.15, 0.2) is 30.5 Å². The van der Waals surface area contributed by atoms with Crippen LogP contribution in [0.5, 0.6) is 6.01 Å². The fourth-order valence-electron chi connectivity index (χ4n) is 2.26. The van der Waals surface area contributed by atoms with Gasteiger partial charge in [-0.05, 0) is 26.0 Å². The van der Waals surface area contributed by atoms with E-state index in [0.29, 0.717) is 6.01 Å². The summed E-state index contributed by atoms with van der Waals surface area (Å²) in [4.78, 5) is 11.0. The van der Waals surface area contributed by atoms with Crippen molar-refractivity contribution in [2.75, 3.05) is 20.1 Å². The lowest BCUT2D eigenvalue weighted by atomic mass is 10.1. The number of likely N-dealkylation sites (tertiary alicyclic amines) is 1. The van der Waals surface area contributed by atoms with E-state index in [0.717, 1.165) is 36.8 Å². The van der Waals surface area contributed by atoms with Gasteiger partial charge < -0.3 is 9.64 Å². The molecule has 1 aliphatic heterocycles. The molecular formula is C14H17N3O. The largest absolute Gasteiger partial charge is 0.460 e. The molecule has 4 nitrogen and oxygen atoms in total. The number of fused-ring (bicyclic) bond motifs is 1. The summed E-state index contributed by atoms with van der Waals surface area (Å²) in [5.74, 6) is 0. The van der Waals surface area contributed by atoms with Gasteiger partial charge in [0.2, 0.25) is 0 Å². The molecule has 1 fully saturated rings. The van der Waals surface area contributed by atoms with Crippen LogP contribution in [-0.4, -0.2) is 41.1 Å². The van der Waals surface area contributed by atoms with Crippen LogP contribution in [0.25, 0.3) is 10.9 Å². The maximum atomic E-state index is 5.86. The van der Waals surface area contributed by atoms with Crippen molar-refractivity contribution in [1.29, 1.82) is 0 Å². The Bertz CT molecular complexity index is 535. The summed E-state index contributed by atoms with van der Waals surface area (Å²) in [5, 5.41) is 1.05. The molecule has 1 aromatic heterocycles. The number of aromatic nitrogens is 2. The van der Waals surface area contributed by atoms with Crippen molar-refractivity contribution in [3.05, 3.63) is 30.5 Å². The first-order valence-electron chi connectivity index (χ1n) is 6.38. The van der Waals surface area contributed by atoms with Crippen LogP contribution in [0, 0.1) is 0 Å². The fourth-order valence-corrected chi connectivity index (χ4v) is 2.26. The molecule has 0 N–H and O–H groups in total. The van der Waals surface area contributed by atoms with Gasteiger partial charge in [0.25, 0.3) is 0 Å². The van der Waals surface area contributed by atoms with Gasteiger partial charge in [0.05, 0.1) is 5.52 Å². The number of nitrogens with zero attached hydrogens (tertiary/aromatic N) is 3. The second kappa shape index (κ2) is 4.90. The van der Waals surface area contributed by atoms with E-state index in [1.807, 2.05) is 30.5 Å². The van der Waals surface area contributed by atoms with Crippen molar-refractivity contribution in [1.82, 2.24) is 14.9 Å². The highest BCUT2D eigenvalue weighted by Crippen LogP contribution is 2.17. The van der Waals surface area contributed by atoms with Crippen LogP contribution in [0.3, 0.4) is 0 Å². The summed E-state index contributed by atoms with van der Waals surface area (Å²) in [5.41, 5.74) is 0.940. The van der Waals surface area contributed by atoms with E-state index in [4.69, 9.17) is 4.74 Å². The molecule has 2 heterocycles. The van der Waals surface area contributed by atoms with Gasteiger partial charge in [-0.25, -0.2) is 4.98 Å². The molecule has 0 aliphatic carbocycles. The maximum absolute atomic E-state index is 5.86. The average Bonchev–Trinajstić information content (AvgIpc) is 2.41. The molecule has 18 heavy (non-hydrogen) atoms. The minimum atomic E-state index is 0.252. The van der Waals surface area contributed by atoms with Gasteiger partial charge in [0.1, 0.15) is 6.10 Å². The molecule has 1 aliphatic rings. The van der Waals surface area contributed by atoms with Crippen LogP contribution >= 0.6 is 0 Å². The Labute approximate surface area is 107 Å². The van der Waals surface area contributed by atoms with E-state index < -0.39 is 0 Å². The second-order valence-corrected chi connectivity index (χ2v) is 4.83. The zero-order valence-electron chi connectivity index (χ0n) is 10.5. The van der Waals surface area contributed by atoms with Crippen LogP contribution in [-0.2, 0) is 0 Å². The molecule has 0 amide bonds. The summed E-state index contributed by atoms with van der Waals surface area (Å²) in [6.07, 6.45) is 4.17. The number of ether oxygens (including phenoxy) is 1. The van der Waals surface area contributed by atoms with Gasteiger partial charge in [-0.3, -0.25) is 0 Å². The summed E-state index contributed by atoms with van der Waals surface area (Å²) >= 11 is 0. The van der Waals surface area contributed by atoms with Gasteiger partial charge in [0.15, 0.2) is 0 Å². The molecule has 0 spiro atoms. The highest BCUT2D eigenvalue weighted by molar-refractivity contribution is 5.77. The molecule has 0 radical (unpaired) electrons. The van der Waals surface area contributed by atoms with E-state index >= 15 is 0 Å². The zero-order chi connectivity index (χ0) is 12.4. The molecule has 0 saturated carbocycles. The number of para-hydroxylation sites is 1. The van der Waals surface area contributed by atoms with Crippen LogP contribution in [0.1, 0.15) is 12.8 Å². The first-order chi connectivity index (χ1) is 8.81. The smallest absolute Gasteiger partial charge is 0.317 e. The number of rotatable bonds is 2. The van der Waals surface area contributed by atoms with Crippen LogP contribution < -0.4 is 4.74 Å². The SMILES string of the molecule is CN1CCC(Oc2ncc3ccccc3n2)CC1. The van der Waals surface area contributed by atoms with Gasteiger partial charge in [-0.15, -0.1) is 0 Å². The first-order valence-corrected chi connectivity index (χ1v) is 6.38. The predicted molar refractivity (Wildman–Crippen MR) is 70.7 cm³/mol. The maximum Gasteiger partial charge on any atom is 0.317 e. The zero-order valence-corrected chi connectivity index (χ0v) is 10.5. The van der Waals surface area contributed by atoms with Gasteiger partial charge in [-0.1, -0.05) is 18.2 Å². The van der Waals surface area contributed by atoms with E-state index in [2.05, 4.69) is 21.9 Å². The number of hydrogen-bond donors (Lipinski definition) is 0. The van der Waals surface area contributed by atoms with Crippen LogP contribution in [0.2, 0.25) is 0 Å². The number of benzene rings is 1. The van der Waals surface area contributed by atoms with E-state index in [1.165, 1.54) is 0 Å². The van der Waals surface area contributed by atoms with Gasteiger partial charge >= 0.3 is 6.01 Å². The molecular weight excluding hydrogens is 226 g/mol. The number of piperidine rings is 1. The Morgan fingerprint density at radius 2 is 2.00 bits per heavy atom. The highest BCUT2D eigenvalue weighted by Gasteiger charge is 2.18. The molecule has 1 saturated heterocycles. The summed E-state index contributed by atoms with van der Waals surface area (Å²) < 4.78 is 5.86. The summed E-state index contributed by atoms with van der Waals surface area (Å²) in [7, 11) is 2.14. The lowest BCUT2D eigenvalue weighted by Gasteiger charge is -2.28. The lowest BCUT2D eigenvalue weighted by molar-refractivity contribution is 0.105. The van der Waals surface area contributed by atoms with Crippen molar-refractivity contribution in [2.24, 2.45) is 0 Å². The van der Waals surface area contributed by atoms with Crippen molar-refractivity contribution in [3.63, 3.8) is 0 Å². The molecule has 4 heteroatoms. The topological polar surface area (TPSA) is 38.2 Å². The fraction of sp³-hybridized carbons (Fsp3) is 0.429. The van der Waals surface area contributed by atoms with Gasteiger partial charge in [0, 0.05) is 24.7 Å². The molecule has 1 aromatic carbocycles. The summed E-state index contributed by atoms with van der Waals surface area (Å²) in [6.45, 7) is 2.16. The third kappa shape index (κ3) is 2.43. The lowest BCUT2D eigenvalue weighted by Crippen LogP contribution is -2.35. The van der Waals surface area contributed by atoms with Crippen molar-refractivity contribution in [3.8, 4) is 6.01 Å². The standard InChI is InChI=1S/C14H17N3O/c1-17-8-6-12(7-9-17)18-14-15-10-11-4-2-3-5-13(11)16-14/h2-5,10,12H,6-9H2,1H3. The normalized spacial score (nSPS) is 18.1. The van der Waals surface area contributed by atoms with Crippen molar-refractivity contribution in [2.45, 2.75) is 18.9 Å². The minimum absolute atomic E-state index is 0.252. The Morgan fingerprint density at radius 3 is 2.83 bits per heavy atom. The molecule has 3 rings (SSSR count). The van der Waals surface area contributed by atoms with E-state index in [-0.39, 0.29) is 6.10 Å². The van der Waals surface area contributed by atoms with E-state index in [1.54, 1.807) is 0 Å². The summed E-state index contributed by atoms with van der Waals surface area (Å²) in [6, 6.07) is 8.47. The molecule has 2 aromatic rings. The number of hydrogen-bond acceptors (Lipinski definition) is 4. The third-order valence-corrected chi connectivity index (χ3v) is 3.40. The Kier molecular flexibility index (Phi) is 3.11. The highest BCUT2D eigenvalue weighted by atomic mass is 16.5. The van der Waals surface area contributed by atoms with E-state index in [9.17, 15) is 0 Å². The Hall–Kier alpha value is -1.68. The molecule has 94 valence electrons. The van der Waals surface area contributed by atoms with Gasteiger partial charge in [-0.2, -0.15) is 4.98 Å². The monoisotopic (exact) mass is 243 g/mol. The van der Waals surface area contributed by atoms with Crippen molar-refractivity contribution < 1.29 is 4.74 Å². The molecule has 0 atom stereocenters. The molecule has 0 unspecified atom stereocenters. The minimum Gasteiger partial charge on any atom is -0.460 e. The Balaban J connectivity index is 1.74.